The van der Waals surface area contributed by atoms with Crippen LogP contribution in [0.1, 0.15) is 39.6 Å². The van der Waals surface area contributed by atoms with Gasteiger partial charge in [-0.05, 0) is 42.0 Å². The number of aryl methyl sites for hydroxylation is 1. The summed E-state index contributed by atoms with van der Waals surface area (Å²) in [4.78, 5) is 12.3. The predicted octanol–water partition coefficient (Wildman–Crippen LogP) is 2.64. The SMILES string of the molecule is O=C(NCC(O)c1ccccc1)c1cccc2c1CCC2. The molecule has 2 N–H and O–H groups in total. The maximum absolute atomic E-state index is 12.3. The molecule has 0 fully saturated rings. The zero-order valence-corrected chi connectivity index (χ0v) is 11.9. The van der Waals surface area contributed by atoms with Crippen molar-refractivity contribution in [3.8, 4) is 0 Å². The molecule has 0 bridgehead atoms. The molecule has 1 atom stereocenters. The van der Waals surface area contributed by atoms with Crippen LogP contribution >= 0.6 is 0 Å². The number of carbonyl (C=O) groups excluding carboxylic acids is 1. The van der Waals surface area contributed by atoms with Gasteiger partial charge >= 0.3 is 0 Å². The van der Waals surface area contributed by atoms with E-state index in [1.807, 2.05) is 42.5 Å². The summed E-state index contributed by atoms with van der Waals surface area (Å²) in [6.07, 6.45) is 2.47. The van der Waals surface area contributed by atoms with Crippen LogP contribution in [0.25, 0.3) is 0 Å². The molecule has 0 radical (unpaired) electrons. The molecule has 0 saturated heterocycles. The Morgan fingerprint density at radius 3 is 2.71 bits per heavy atom. The highest BCUT2D eigenvalue weighted by molar-refractivity contribution is 5.96. The zero-order chi connectivity index (χ0) is 14.7. The van der Waals surface area contributed by atoms with E-state index in [0.717, 1.165) is 30.4 Å². The molecule has 3 rings (SSSR count). The Balaban J connectivity index is 1.66. The summed E-state index contributed by atoms with van der Waals surface area (Å²) in [5.41, 5.74) is 4.02. The van der Waals surface area contributed by atoms with Crippen molar-refractivity contribution in [1.29, 1.82) is 0 Å². The van der Waals surface area contributed by atoms with E-state index in [9.17, 15) is 9.90 Å². The highest BCUT2D eigenvalue weighted by atomic mass is 16.3. The third-order valence-corrected chi connectivity index (χ3v) is 4.03. The highest BCUT2D eigenvalue weighted by Gasteiger charge is 2.19. The number of benzene rings is 2. The lowest BCUT2D eigenvalue weighted by molar-refractivity contribution is 0.0915. The Kier molecular flexibility index (Phi) is 4.02. The first-order valence-corrected chi connectivity index (χ1v) is 7.37. The number of carbonyl (C=O) groups is 1. The zero-order valence-electron chi connectivity index (χ0n) is 11.9. The number of hydrogen-bond acceptors (Lipinski definition) is 2. The molecule has 0 aliphatic heterocycles. The third kappa shape index (κ3) is 2.98. The Labute approximate surface area is 124 Å². The summed E-state index contributed by atoms with van der Waals surface area (Å²) in [6.45, 7) is 0.229. The van der Waals surface area contributed by atoms with Crippen molar-refractivity contribution in [2.24, 2.45) is 0 Å². The Morgan fingerprint density at radius 1 is 1.10 bits per heavy atom. The number of aliphatic hydroxyl groups excluding tert-OH is 1. The van der Waals surface area contributed by atoms with Crippen molar-refractivity contribution < 1.29 is 9.90 Å². The number of amides is 1. The van der Waals surface area contributed by atoms with Gasteiger partial charge in [-0.25, -0.2) is 0 Å². The van der Waals surface area contributed by atoms with Crippen LogP contribution in [0.2, 0.25) is 0 Å². The smallest absolute Gasteiger partial charge is 0.251 e. The Bertz CT molecular complexity index is 637. The Morgan fingerprint density at radius 2 is 1.90 bits per heavy atom. The maximum atomic E-state index is 12.3. The molecule has 2 aromatic carbocycles. The number of hydrogen-bond donors (Lipinski definition) is 2. The van der Waals surface area contributed by atoms with Gasteiger partial charge in [-0.3, -0.25) is 4.79 Å². The molecule has 0 heterocycles. The minimum atomic E-state index is -0.674. The molecule has 0 spiro atoms. The van der Waals surface area contributed by atoms with Gasteiger partial charge in [-0.1, -0.05) is 42.5 Å². The molecule has 1 aliphatic carbocycles. The van der Waals surface area contributed by atoms with Crippen LogP contribution in [-0.2, 0) is 12.8 Å². The quantitative estimate of drug-likeness (QED) is 0.905. The molecule has 1 unspecified atom stereocenters. The molecule has 3 heteroatoms. The molecule has 0 aromatic heterocycles. The van der Waals surface area contributed by atoms with E-state index in [0.29, 0.717) is 0 Å². The van der Waals surface area contributed by atoms with Crippen molar-refractivity contribution in [2.45, 2.75) is 25.4 Å². The fraction of sp³-hybridized carbons (Fsp3) is 0.278. The lowest BCUT2D eigenvalue weighted by atomic mass is 10.0. The van der Waals surface area contributed by atoms with Crippen molar-refractivity contribution in [3.05, 3.63) is 70.8 Å². The van der Waals surface area contributed by atoms with Gasteiger partial charge in [0.25, 0.3) is 5.91 Å². The summed E-state index contributed by atoms with van der Waals surface area (Å²) in [6, 6.07) is 15.3. The molecule has 108 valence electrons. The number of aliphatic hydroxyl groups is 1. The monoisotopic (exact) mass is 281 g/mol. The van der Waals surface area contributed by atoms with Crippen LogP contribution < -0.4 is 5.32 Å². The second kappa shape index (κ2) is 6.10. The first kappa shape index (κ1) is 13.8. The fourth-order valence-electron chi connectivity index (χ4n) is 2.91. The van der Waals surface area contributed by atoms with E-state index < -0.39 is 6.10 Å². The summed E-state index contributed by atoms with van der Waals surface area (Å²) in [7, 11) is 0. The maximum Gasteiger partial charge on any atom is 0.251 e. The minimum absolute atomic E-state index is 0.0938. The van der Waals surface area contributed by atoms with Gasteiger partial charge in [-0.2, -0.15) is 0 Å². The summed E-state index contributed by atoms with van der Waals surface area (Å²) < 4.78 is 0. The van der Waals surface area contributed by atoms with Gasteiger partial charge in [0, 0.05) is 12.1 Å². The lowest BCUT2D eigenvalue weighted by Crippen LogP contribution is -2.29. The van der Waals surface area contributed by atoms with Gasteiger partial charge in [0.05, 0.1) is 6.10 Å². The van der Waals surface area contributed by atoms with Crippen LogP contribution in [0, 0.1) is 0 Å². The summed E-state index contributed by atoms with van der Waals surface area (Å²) in [5, 5.41) is 12.9. The summed E-state index contributed by atoms with van der Waals surface area (Å²) >= 11 is 0. The highest BCUT2D eigenvalue weighted by Crippen LogP contribution is 2.25. The second-order valence-electron chi connectivity index (χ2n) is 5.43. The fourth-order valence-corrected chi connectivity index (χ4v) is 2.91. The van der Waals surface area contributed by atoms with Gasteiger partial charge in [0.15, 0.2) is 0 Å². The van der Waals surface area contributed by atoms with E-state index in [4.69, 9.17) is 0 Å². The molecule has 3 nitrogen and oxygen atoms in total. The number of fused-ring (bicyclic) bond motifs is 1. The van der Waals surface area contributed by atoms with Crippen molar-refractivity contribution in [2.75, 3.05) is 6.54 Å². The average Bonchev–Trinajstić information content (AvgIpc) is 3.01. The molecule has 1 aliphatic rings. The van der Waals surface area contributed by atoms with Crippen molar-refractivity contribution in [3.63, 3.8) is 0 Å². The largest absolute Gasteiger partial charge is 0.387 e. The number of nitrogens with one attached hydrogen (secondary N) is 1. The van der Waals surface area contributed by atoms with Crippen LogP contribution in [0.3, 0.4) is 0 Å². The van der Waals surface area contributed by atoms with Gasteiger partial charge < -0.3 is 10.4 Å². The first-order valence-electron chi connectivity index (χ1n) is 7.37. The molecule has 2 aromatic rings. The molecular weight excluding hydrogens is 262 g/mol. The van der Waals surface area contributed by atoms with Gasteiger partial charge in [-0.15, -0.1) is 0 Å². The lowest BCUT2D eigenvalue weighted by Gasteiger charge is -2.13. The van der Waals surface area contributed by atoms with E-state index >= 15 is 0 Å². The van der Waals surface area contributed by atoms with E-state index in [-0.39, 0.29) is 12.5 Å². The topological polar surface area (TPSA) is 49.3 Å². The first-order chi connectivity index (χ1) is 10.3. The number of rotatable bonds is 4. The van der Waals surface area contributed by atoms with Crippen LogP contribution in [0.4, 0.5) is 0 Å². The van der Waals surface area contributed by atoms with Crippen LogP contribution in [-0.4, -0.2) is 17.6 Å². The second-order valence-corrected chi connectivity index (χ2v) is 5.43. The van der Waals surface area contributed by atoms with Crippen LogP contribution in [0.15, 0.2) is 48.5 Å². The normalized spacial score (nSPS) is 14.5. The predicted molar refractivity (Wildman–Crippen MR) is 82.2 cm³/mol. The minimum Gasteiger partial charge on any atom is -0.387 e. The van der Waals surface area contributed by atoms with Crippen molar-refractivity contribution in [1.82, 2.24) is 5.32 Å². The van der Waals surface area contributed by atoms with E-state index in [1.165, 1.54) is 11.1 Å². The molecule has 21 heavy (non-hydrogen) atoms. The molecular formula is C18H19NO2. The Hall–Kier alpha value is -2.13. The average molecular weight is 281 g/mol. The van der Waals surface area contributed by atoms with Gasteiger partial charge in [0.1, 0.15) is 0 Å². The van der Waals surface area contributed by atoms with Crippen molar-refractivity contribution >= 4 is 5.91 Å². The van der Waals surface area contributed by atoms with E-state index in [1.54, 1.807) is 0 Å². The van der Waals surface area contributed by atoms with Crippen LogP contribution in [0.5, 0.6) is 0 Å². The molecule has 1 amide bonds. The van der Waals surface area contributed by atoms with Gasteiger partial charge in [0.2, 0.25) is 0 Å². The third-order valence-electron chi connectivity index (χ3n) is 4.03. The van der Waals surface area contributed by atoms with E-state index in [2.05, 4.69) is 11.4 Å². The standard InChI is InChI=1S/C18H19NO2/c20-17(14-6-2-1-3-7-14)12-19-18(21)16-11-5-9-13-8-4-10-15(13)16/h1-3,5-7,9,11,17,20H,4,8,10,12H2,(H,19,21). The summed E-state index contributed by atoms with van der Waals surface area (Å²) in [5.74, 6) is -0.0938. The molecule has 0 saturated carbocycles.